The van der Waals surface area contributed by atoms with Gasteiger partial charge in [-0.25, -0.2) is 4.99 Å². The third-order valence-electron chi connectivity index (χ3n) is 4.72. The molecule has 140 valence electrons. The summed E-state index contributed by atoms with van der Waals surface area (Å²) in [5, 5.41) is 6.71. The third kappa shape index (κ3) is 2.85. The highest BCUT2D eigenvalue weighted by molar-refractivity contribution is 6.20. The molecule has 4 rings (SSSR count). The Bertz CT molecular complexity index is 914. The summed E-state index contributed by atoms with van der Waals surface area (Å²) in [6.45, 7) is 1.61. The summed E-state index contributed by atoms with van der Waals surface area (Å²) in [4.78, 5) is 7.06. The number of nitrogens with zero attached hydrogens (tertiary/aromatic N) is 4. The number of hydrogen-bond acceptors (Lipinski definition) is 7. The van der Waals surface area contributed by atoms with Crippen LogP contribution in [0.4, 0.5) is 5.69 Å². The summed E-state index contributed by atoms with van der Waals surface area (Å²) in [5.74, 6) is 3.48. The molecule has 0 atom stereocenters. The monoisotopic (exact) mass is 366 g/mol. The summed E-state index contributed by atoms with van der Waals surface area (Å²) in [6, 6.07) is 11.9. The van der Waals surface area contributed by atoms with Gasteiger partial charge in [0.1, 0.15) is 5.84 Å². The summed E-state index contributed by atoms with van der Waals surface area (Å²) in [5.41, 5.74) is 2.81. The molecular formula is C20H22N4O3. The second-order valence-corrected chi connectivity index (χ2v) is 6.32. The number of ether oxygens (including phenoxy) is 3. The van der Waals surface area contributed by atoms with E-state index in [1.165, 1.54) is 0 Å². The predicted molar refractivity (Wildman–Crippen MR) is 105 cm³/mol. The van der Waals surface area contributed by atoms with Gasteiger partial charge in [0.25, 0.3) is 0 Å². The van der Waals surface area contributed by atoms with Crippen molar-refractivity contribution in [3.63, 3.8) is 0 Å². The van der Waals surface area contributed by atoms with Crippen molar-refractivity contribution in [2.24, 2.45) is 10.1 Å². The van der Waals surface area contributed by atoms with Gasteiger partial charge in [-0.05, 0) is 24.3 Å². The topological polar surface area (TPSA) is 58.9 Å². The van der Waals surface area contributed by atoms with Gasteiger partial charge in [0.15, 0.2) is 17.3 Å². The first-order valence-corrected chi connectivity index (χ1v) is 8.72. The van der Waals surface area contributed by atoms with Crippen molar-refractivity contribution in [2.45, 2.75) is 0 Å². The maximum atomic E-state index is 5.52. The maximum Gasteiger partial charge on any atom is 0.203 e. The molecule has 2 aromatic rings. The average molecular weight is 366 g/mol. The van der Waals surface area contributed by atoms with E-state index in [2.05, 4.69) is 11.0 Å². The molecule has 0 N–H and O–H groups in total. The van der Waals surface area contributed by atoms with Crippen molar-refractivity contribution >= 4 is 17.4 Å². The lowest BCUT2D eigenvalue weighted by atomic mass is 10.0. The second-order valence-electron chi connectivity index (χ2n) is 6.32. The number of rotatable bonds is 4. The van der Waals surface area contributed by atoms with Crippen LogP contribution in [0.15, 0.2) is 46.5 Å². The molecule has 0 unspecified atom stereocenters. The van der Waals surface area contributed by atoms with E-state index in [0.29, 0.717) is 17.2 Å². The number of benzene rings is 2. The van der Waals surface area contributed by atoms with Crippen LogP contribution in [0.25, 0.3) is 0 Å². The largest absolute Gasteiger partial charge is 0.493 e. The highest BCUT2D eigenvalue weighted by atomic mass is 16.5. The van der Waals surface area contributed by atoms with Crippen molar-refractivity contribution in [1.29, 1.82) is 0 Å². The minimum atomic E-state index is 0.563. The number of methoxy groups -OCH3 is 3. The van der Waals surface area contributed by atoms with Gasteiger partial charge in [0, 0.05) is 24.7 Å². The zero-order valence-corrected chi connectivity index (χ0v) is 15.9. The molecule has 0 aliphatic carbocycles. The van der Waals surface area contributed by atoms with E-state index in [0.717, 1.165) is 41.6 Å². The third-order valence-corrected chi connectivity index (χ3v) is 4.72. The van der Waals surface area contributed by atoms with E-state index in [-0.39, 0.29) is 0 Å². The Balaban J connectivity index is 1.91. The smallest absolute Gasteiger partial charge is 0.203 e. The molecule has 0 aromatic heterocycles. The van der Waals surface area contributed by atoms with Gasteiger partial charge in [-0.2, -0.15) is 5.10 Å². The van der Waals surface area contributed by atoms with Crippen LogP contribution in [-0.4, -0.2) is 63.0 Å². The molecule has 2 heterocycles. The minimum absolute atomic E-state index is 0.563. The van der Waals surface area contributed by atoms with Gasteiger partial charge < -0.3 is 19.1 Å². The quantitative estimate of drug-likeness (QED) is 0.833. The van der Waals surface area contributed by atoms with Crippen LogP contribution in [0, 0.1) is 0 Å². The Kier molecular flexibility index (Phi) is 4.35. The first kappa shape index (κ1) is 17.2. The van der Waals surface area contributed by atoms with Crippen LogP contribution < -0.4 is 14.2 Å². The van der Waals surface area contributed by atoms with Gasteiger partial charge in [-0.1, -0.05) is 12.1 Å². The van der Waals surface area contributed by atoms with Crippen molar-refractivity contribution in [3.05, 3.63) is 47.5 Å². The van der Waals surface area contributed by atoms with Crippen LogP contribution in [0.5, 0.6) is 17.2 Å². The minimum Gasteiger partial charge on any atom is -0.493 e. The zero-order chi connectivity index (χ0) is 19.0. The molecule has 7 heteroatoms. The number of fused-ring (bicyclic) bond motifs is 3. The Labute approximate surface area is 158 Å². The number of amidine groups is 2. The summed E-state index contributed by atoms with van der Waals surface area (Å²) < 4.78 is 16.5. The Morgan fingerprint density at radius 3 is 2.26 bits per heavy atom. The van der Waals surface area contributed by atoms with Gasteiger partial charge >= 0.3 is 0 Å². The molecule has 0 amide bonds. The molecular weight excluding hydrogens is 344 g/mol. The van der Waals surface area contributed by atoms with Crippen molar-refractivity contribution in [3.8, 4) is 17.2 Å². The summed E-state index contributed by atoms with van der Waals surface area (Å²) >= 11 is 0. The SMILES string of the molecule is COc1cc(C2=Nc3ccccc3C3=NN(C)CCN23)cc(OC)c1OC. The van der Waals surface area contributed by atoms with E-state index < -0.39 is 0 Å². The highest BCUT2D eigenvalue weighted by Crippen LogP contribution is 2.40. The van der Waals surface area contributed by atoms with Gasteiger partial charge in [-0.3, -0.25) is 5.01 Å². The number of hydrogen-bond donors (Lipinski definition) is 0. The Hall–Kier alpha value is -3.22. The normalized spacial score (nSPS) is 15.4. The van der Waals surface area contributed by atoms with Crippen LogP contribution in [0.3, 0.4) is 0 Å². The molecule has 2 aliphatic rings. The van der Waals surface area contributed by atoms with Gasteiger partial charge in [-0.15, -0.1) is 0 Å². The molecule has 2 aliphatic heterocycles. The van der Waals surface area contributed by atoms with E-state index >= 15 is 0 Å². The molecule has 27 heavy (non-hydrogen) atoms. The number of aliphatic imine (C=N–C) groups is 1. The van der Waals surface area contributed by atoms with Crippen LogP contribution in [0.1, 0.15) is 11.1 Å². The van der Waals surface area contributed by atoms with E-state index in [1.807, 2.05) is 42.4 Å². The number of likely N-dealkylation sites (N-methyl/N-ethyl adjacent to an activating group) is 1. The maximum absolute atomic E-state index is 5.52. The van der Waals surface area contributed by atoms with Crippen molar-refractivity contribution < 1.29 is 14.2 Å². The second kappa shape index (κ2) is 6.83. The van der Waals surface area contributed by atoms with Gasteiger partial charge in [0.2, 0.25) is 5.75 Å². The molecule has 0 radical (unpaired) electrons. The van der Waals surface area contributed by atoms with Crippen molar-refractivity contribution in [2.75, 3.05) is 41.5 Å². The van der Waals surface area contributed by atoms with Crippen LogP contribution in [0.2, 0.25) is 0 Å². The lowest BCUT2D eigenvalue weighted by molar-refractivity contribution is 0.302. The number of hydrazone groups is 1. The number of para-hydroxylation sites is 1. The van der Waals surface area contributed by atoms with E-state index in [9.17, 15) is 0 Å². The van der Waals surface area contributed by atoms with E-state index in [1.54, 1.807) is 21.3 Å². The zero-order valence-electron chi connectivity index (χ0n) is 15.9. The standard InChI is InChI=1S/C20H22N4O3/c1-23-9-10-24-19(21-15-8-6-5-7-14(15)20(24)22-23)13-11-16(25-2)18(27-4)17(12-13)26-3/h5-8,11-12H,9-10H2,1-4H3. The van der Waals surface area contributed by atoms with Gasteiger partial charge in [0.05, 0.1) is 33.6 Å². The molecule has 2 aromatic carbocycles. The highest BCUT2D eigenvalue weighted by Gasteiger charge is 2.31. The Morgan fingerprint density at radius 2 is 1.59 bits per heavy atom. The molecule has 0 saturated heterocycles. The first-order chi connectivity index (χ1) is 13.2. The predicted octanol–water partition coefficient (Wildman–Crippen LogP) is 2.71. The fraction of sp³-hybridized carbons (Fsp3) is 0.300. The lowest BCUT2D eigenvalue weighted by Crippen LogP contribution is -2.48. The molecule has 0 spiro atoms. The molecule has 0 saturated carbocycles. The molecule has 0 bridgehead atoms. The Morgan fingerprint density at radius 1 is 0.889 bits per heavy atom. The fourth-order valence-electron chi connectivity index (χ4n) is 3.39. The fourth-order valence-corrected chi connectivity index (χ4v) is 3.39. The average Bonchev–Trinajstić information content (AvgIpc) is 2.71. The van der Waals surface area contributed by atoms with Crippen molar-refractivity contribution in [1.82, 2.24) is 9.91 Å². The summed E-state index contributed by atoms with van der Waals surface area (Å²) in [6.07, 6.45) is 0. The molecule has 7 nitrogen and oxygen atoms in total. The first-order valence-electron chi connectivity index (χ1n) is 8.72. The lowest BCUT2D eigenvalue weighted by Gasteiger charge is -2.37. The van der Waals surface area contributed by atoms with E-state index in [4.69, 9.17) is 24.3 Å². The van der Waals surface area contributed by atoms with Crippen LogP contribution >= 0.6 is 0 Å². The summed E-state index contributed by atoms with van der Waals surface area (Å²) in [7, 11) is 6.81. The van der Waals surface area contributed by atoms with Crippen LogP contribution in [-0.2, 0) is 0 Å². The molecule has 0 fully saturated rings.